The predicted octanol–water partition coefficient (Wildman–Crippen LogP) is 4.68. The first-order chi connectivity index (χ1) is 14.9. The quantitative estimate of drug-likeness (QED) is 0.621. The normalized spacial score (nSPS) is 23.5. The minimum atomic E-state index is -0.215. The molecule has 3 amide bonds. The van der Waals surface area contributed by atoms with Crippen molar-refractivity contribution in [2.45, 2.75) is 46.5 Å². The first-order valence-electron chi connectivity index (χ1n) is 11.5. The molecule has 2 N–H and O–H groups in total. The summed E-state index contributed by atoms with van der Waals surface area (Å²) in [6.45, 7) is 9.03. The van der Waals surface area contributed by atoms with E-state index in [0.29, 0.717) is 48.1 Å². The van der Waals surface area contributed by atoms with Gasteiger partial charge in [-0.05, 0) is 62.0 Å². The largest absolute Gasteiger partial charge is 0.497 e. The van der Waals surface area contributed by atoms with Crippen molar-refractivity contribution < 1.29 is 14.3 Å². The maximum atomic E-state index is 12.7. The summed E-state index contributed by atoms with van der Waals surface area (Å²) in [5, 5.41) is 5.91. The van der Waals surface area contributed by atoms with Crippen molar-refractivity contribution in [1.82, 2.24) is 10.2 Å². The van der Waals surface area contributed by atoms with Crippen LogP contribution in [0.4, 0.5) is 10.5 Å². The molecule has 0 saturated carbocycles. The van der Waals surface area contributed by atoms with Gasteiger partial charge in [0.2, 0.25) is 5.91 Å². The van der Waals surface area contributed by atoms with E-state index in [2.05, 4.69) is 37.5 Å². The second-order valence-electron chi connectivity index (χ2n) is 9.27. The van der Waals surface area contributed by atoms with Crippen LogP contribution in [0.5, 0.6) is 5.75 Å². The first kappa shape index (κ1) is 23.2. The van der Waals surface area contributed by atoms with E-state index in [1.807, 2.05) is 23.1 Å². The highest BCUT2D eigenvalue weighted by Gasteiger charge is 2.33. The van der Waals surface area contributed by atoms with Crippen molar-refractivity contribution in [2.75, 3.05) is 32.1 Å². The summed E-state index contributed by atoms with van der Waals surface area (Å²) in [6, 6.07) is 7.11. The van der Waals surface area contributed by atoms with Crippen LogP contribution in [0.1, 0.15) is 46.5 Å². The fourth-order valence-electron chi connectivity index (χ4n) is 4.90. The molecular weight excluding hydrogens is 390 g/mol. The highest BCUT2D eigenvalue weighted by atomic mass is 16.5. The van der Waals surface area contributed by atoms with Gasteiger partial charge in [-0.15, -0.1) is 0 Å². The van der Waals surface area contributed by atoms with E-state index in [0.717, 1.165) is 32.4 Å². The van der Waals surface area contributed by atoms with Crippen molar-refractivity contribution in [1.29, 1.82) is 0 Å². The fraction of sp³-hybridized carbons (Fsp3) is 0.600. The van der Waals surface area contributed by atoms with E-state index in [1.165, 1.54) is 5.57 Å². The average Bonchev–Trinajstić information content (AvgIpc) is 3.28. The molecule has 0 radical (unpaired) electrons. The van der Waals surface area contributed by atoms with Crippen molar-refractivity contribution in [2.24, 2.45) is 23.7 Å². The van der Waals surface area contributed by atoms with Crippen LogP contribution in [0.15, 0.2) is 35.9 Å². The van der Waals surface area contributed by atoms with Crippen LogP contribution in [-0.4, -0.2) is 43.6 Å². The Kier molecular flexibility index (Phi) is 7.99. The average molecular weight is 428 g/mol. The van der Waals surface area contributed by atoms with Gasteiger partial charge in [-0.3, -0.25) is 4.79 Å². The summed E-state index contributed by atoms with van der Waals surface area (Å²) in [7, 11) is 1.61. The fourth-order valence-corrected chi connectivity index (χ4v) is 4.90. The zero-order valence-electron chi connectivity index (χ0n) is 19.3. The number of benzene rings is 1. The molecule has 31 heavy (non-hydrogen) atoms. The highest BCUT2D eigenvalue weighted by Crippen LogP contribution is 2.39. The van der Waals surface area contributed by atoms with Crippen LogP contribution in [0.3, 0.4) is 0 Å². The van der Waals surface area contributed by atoms with E-state index >= 15 is 0 Å². The topological polar surface area (TPSA) is 70.7 Å². The minimum Gasteiger partial charge on any atom is -0.497 e. The molecule has 1 fully saturated rings. The zero-order valence-corrected chi connectivity index (χ0v) is 19.3. The number of methoxy groups -OCH3 is 1. The van der Waals surface area contributed by atoms with Crippen LogP contribution in [0, 0.1) is 23.7 Å². The van der Waals surface area contributed by atoms with Crippen LogP contribution < -0.4 is 15.4 Å². The van der Waals surface area contributed by atoms with Gasteiger partial charge in [0.15, 0.2) is 0 Å². The summed E-state index contributed by atoms with van der Waals surface area (Å²) in [6.07, 6.45) is 6.17. The van der Waals surface area contributed by atoms with Crippen LogP contribution >= 0.6 is 0 Å². The highest BCUT2D eigenvalue weighted by molar-refractivity contribution is 5.89. The van der Waals surface area contributed by atoms with Gasteiger partial charge in [0.1, 0.15) is 5.75 Å². The van der Waals surface area contributed by atoms with Crippen LogP contribution in [0.2, 0.25) is 0 Å². The lowest BCUT2D eigenvalue weighted by Gasteiger charge is -2.37. The molecule has 1 aliphatic carbocycles. The van der Waals surface area contributed by atoms with E-state index in [4.69, 9.17) is 4.74 Å². The molecular formula is C25H37N3O3. The second kappa shape index (κ2) is 10.7. The summed E-state index contributed by atoms with van der Waals surface area (Å²) in [5.41, 5.74) is 1.98. The smallest absolute Gasteiger partial charge is 0.319 e. The lowest BCUT2D eigenvalue weighted by atomic mass is 9.69. The van der Waals surface area contributed by atoms with E-state index < -0.39 is 0 Å². The molecule has 0 spiro atoms. The molecule has 6 nitrogen and oxygen atoms in total. The minimum absolute atomic E-state index is 0.215. The number of carbonyl (C=O) groups is 2. The summed E-state index contributed by atoms with van der Waals surface area (Å²) in [5.74, 6) is 2.51. The monoisotopic (exact) mass is 427 g/mol. The maximum Gasteiger partial charge on any atom is 0.319 e. The number of amides is 3. The van der Waals surface area contributed by atoms with E-state index in [-0.39, 0.29) is 11.9 Å². The van der Waals surface area contributed by atoms with Gasteiger partial charge >= 0.3 is 6.03 Å². The summed E-state index contributed by atoms with van der Waals surface area (Å²) >= 11 is 0. The third-order valence-electron chi connectivity index (χ3n) is 6.79. The molecule has 1 aromatic rings. The number of urea groups is 1. The Hall–Kier alpha value is -2.50. The zero-order chi connectivity index (χ0) is 22.4. The molecule has 2 aliphatic rings. The predicted molar refractivity (Wildman–Crippen MR) is 124 cm³/mol. The molecule has 1 saturated heterocycles. The van der Waals surface area contributed by atoms with E-state index in [1.54, 1.807) is 13.2 Å². The third kappa shape index (κ3) is 6.25. The van der Waals surface area contributed by atoms with Crippen molar-refractivity contribution in [3.63, 3.8) is 0 Å². The number of ether oxygens (including phenoxy) is 1. The number of carbonyl (C=O) groups excluding carboxylic acids is 2. The molecule has 3 unspecified atom stereocenters. The Morgan fingerprint density at radius 1 is 1.23 bits per heavy atom. The Bertz CT molecular complexity index is 799. The molecule has 1 aliphatic heterocycles. The van der Waals surface area contributed by atoms with Crippen molar-refractivity contribution in [3.05, 3.63) is 35.9 Å². The van der Waals surface area contributed by atoms with Gasteiger partial charge in [-0.2, -0.15) is 0 Å². The molecule has 0 bridgehead atoms. The standard InChI is InChI=1S/C25H37N3O3/c1-17(2)23-13-19(14-24(29)28-10-5-6-11-28)18(3)12-20(23)16-26-25(30)27-21-8-7-9-22(15-21)31-4/h7-9,12,15,17,19-20,23H,5-6,10-11,13-14,16H2,1-4H3,(H2,26,27,30). The lowest BCUT2D eigenvalue weighted by molar-refractivity contribution is -0.131. The molecule has 170 valence electrons. The van der Waals surface area contributed by atoms with Gasteiger partial charge in [-0.25, -0.2) is 4.79 Å². The Balaban J connectivity index is 1.58. The van der Waals surface area contributed by atoms with Gasteiger partial charge < -0.3 is 20.3 Å². The second-order valence-corrected chi connectivity index (χ2v) is 9.27. The molecule has 1 aromatic carbocycles. The van der Waals surface area contributed by atoms with Crippen LogP contribution in [0.25, 0.3) is 0 Å². The van der Waals surface area contributed by atoms with Crippen molar-refractivity contribution in [3.8, 4) is 5.75 Å². The maximum absolute atomic E-state index is 12.7. The third-order valence-corrected chi connectivity index (χ3v) is 6.79. The lowest BCUT2D eigenvalue weighted by Crippen LogP contribution is -2.39. The molecule has 3 atom stereocenters. The van der Waals surface area contributed by atoms with Gasteiger partial charge in [0.05, 0.1) is 7.11 Å². The van der Waals surface area contributed by atoms with Crippen molar-refractivity contribution >= 4 is 17.6 Å². The number of likely N-dealkylation sites (tertiary alicyclic amines) is 1. The summed E-state index contributed by atoms with van der Waals surface area (Å²) in [4.78, 5) is 27.1. The van der Waals surface area contributed by atoms with Gasteiger partial charge in [-0.1, -0.05) is 31.6 Å². The SMILES string of the molecule is COc1cccc(NC(=O)NCC2C=C(C)C(CC(=O)N3CCCC3)CC2C(C)C)c1. The van der Waals surface area contributed by atoms with Gasteiger partial charge in [0.25, 0.3) is 0 Å². The number of allylic oxidation sites excluding steroid dienone is 1. The first-order valence-corrected chi connectivity index (χ1v) is 11.5. The van der Waals surface area contributed by atoms with Crippen LogP contribution in [-0.2, 0) is 4.79 Å². The van der Waals surface area contributed by atoms with Gasteiger partial charge in [0, 0.05) is 37.8 Å². The summed E-state index contributed by atoms with van der Waals surface area (Å²) < 4.78 is 5.21. The Morgan fingerprint density at radius 2 is 1.97 bits per heavy atom. The number of nitrogens with one attached hydrogen (secondary N) is 2. The molecule has 3 rings (SSSR count). The Labute approximate surface area is 186 Å². The molecule has 6 heteroatoms. The number of hydrogen-bond acceptors (Lipinski definition) is 3. The Morgan fingerprint density at radius 3 is 2.65 bits per heavy atom. The number of hydrogen-bond donors (Lipinski definition) is 2. The molecule has 0 aromatic heterocycles. The van der Waals surface area contributed by atoms with E-state index in [9.17, 15) is 9.59 Å². The number of anilines is 1. The number of nitrogens with zero attached hydrogens (tertiary/aromatic N) is 1. The number of rotatable bonds is 7. The molecule has 1 heterocycles.